The van der Waals surface area contributed by atoms with E-state index in [0.717, 1.165) is 43.4 Å². The molecule has 0 bridgehead atoms. The van der Waals surface area contributed by atoms with Gasteiger partial charge in [-0.2, -0.15) is 0 Å². The van der Waals surface area contributed by atoms with Crippen LogP contribution in [0.1, 0.15) is 10.7 Å². The van der Waals surface area contributed by atoms with Gasteiger partial charge in [-0.05, 0) is 6.92 Å². The Balaban J connectivity index is 1.79. The van der Waals surface area contributed by atoms with Gasteiger partial charge >= 0.3 is 0 Å². The van der Waals surface area contributed by atoms with Crippen LogP contribution in [0, 0.1) is 6.92 Å². The molecule has 0 radical (unpaired) electrons. The van der Waals surface area contributed by atoms with Crippen molar-refractivity contribution in [2.75, 3.05) is 32.8 Å². The van der Waals surface area contributed by atoms with E-state index in [2.05, 4.69) is 20.3 Å². The number of thiazole rings is 1. The van der Waals surface area contributed by atoms with Crippen molar-refractivity contribution in [2.45, 2.75) is 13.3 Å². The molecule has 0 aliphatic carbocycles. The first-order valence-electron chi connectivity index (χ1n) is 5.79. The SMILES string of the molecule is Cc1nc(CCN=C(N)N2CCOCC2)cs1. The van der Waals surface area contributed by atoms with Crippen molar-refractivity contribution in [1.82, 2.24) is 9.88 Å². The normalized spacial score (nSPS) is 17.5. The van der Waals surface area contributed by atoms with Crippen LogP contribution in [0.3, 0.4) is 0 Å². The van der Waals surface area contributed by atoms with Gasteiger partial charge in [0.1, 0.15) is 0 Å². The summed E-state index contributed by atoms with van der Waals surface area (Å²) in [6, 6.07) is 0. The van der Waals surface area contributed by atoms with Crippen LogP contribution in [0.2, 0.25) is 0 Å². The van der Waals surface area contributed by atoms with Crippen molar-refractivity contribution < 1.29 is 4.74 Å². The number of morpholine rings is 1. The number of aryl methyl sites for hydroxylation is 1. The van der Waals surface area contributed by atoms with Crippen LogP contribution >= 0.6 is 11.3 Å². The van der Waals surface area contributed by atoms with Crippen molar-refractivity contribution in [3.8, 4) is 0 Å². The molecule has 0 atom stereocenters. The highest BCUT2D eigenvalue weighted by Gasteiger charge is 2.11. The topological polar surface area (TPSA) is 63.7 Å². The zero-order valence-electron chi connectivity index (χ0n) is 10.1. The maximum atomic E-state index is 5.92. The summed E-state index contributed by atoms with van der Waals surface area (Å²) >= 11 is 1.67. The molecule has 0 spiro atoms. The summed E-state index contributed by atoms with van der Waals surface area (Å²) in [7, 11) is 0. The average molecular weight is 254 g/mol. The van der Waals surface area contributed by atoms with Crippen LogP contribution in [0.5, 0.6) is 0 Å². The molecule has 2 rings (SSSR count). The molecule has 1 aliphatic rings. The lowest BCUT2D eigenvalue weighted by atomic mass is 10.3. The summed E-state index contributed by atoms with van der Waals surface area (Å²) in [5, 5.41) is 3.18. The molecule has 17 heavy (non-hydrogen) atoms. The van der Waals surface area contributed by atoms with Gasteiger partial charge in [0.05, 0.1) is 23.9 Å². The van der Waals surface area contributed by atoms with E-state index in [0.29, 0.717) is 12.5 Å². The summed E-state index contributed by atoms with van der Waals surface area (Å²) in [6.45, 7) is 5.87. The minimum Gasteiger partial charge on any atom is -0.378 e. The molecule has 1 saturated heterocycles. The molecule has 94 valence electrons. The van der Waals surface area contributed by atoms with Crippen molar-refractivity contribution in [3.63, 3.8) is 0 Å². The fourth-order valence-corrected chi connectivity index (χ4v) is 2.35. The molecule has 1 aromatic rings. The Hall–Kier alpha value is -1.14. The van der Waals surface area contributed by atoms with Crippen LogP contribution in [0.25, 0.3) is 0 Å². The van der Waals surface area contributed by atoms with E-state index in [-0.39, 0.29) is 0 Å². The van der Waals surface area contributed by atoms with Gasteiger partial charge in [0, 0.05) is 31.4 Å². The fraction of sp³-hybridized carbons (Fsp3) is 0.636. The Morgan fingerprint density at radius 1 is 1.59 bits per heavy atom. The van der Waals surface area contributed by atoms with Gasteiger partial charge in [0.25, 0.3) is 0 Å². The van der Waals surface area contributed by atoms with E-state index in [1.54, 1.807) is 11.3 Å². The summed E-state index contributed by atoms with van der Waals surface area (Å²) in [6.07, 6.45) is 0.857. The van der Waals surface area contributed by atoms with E-state index in [1.165, 1.54) is 0 Å². The van der Waals surface area contributed by atoms with Crippen LogP contribution in [0.15, 0.2) is 10.4 Å². The molecule has 2 heterocycles. The third-order valence-electron chi connectivity index (χ3n) is 2.64. The first kappa shape index (κ1) is 12.3. The quantitative estimate of drug-likeness (QED) is 0.635. The highest BCUT2D eigenvalue weighted by atomic mass is 32.1. The van der Waals surface area contributed by atoms with E-state index >= 15 is 0 Å². The minimum atomic E-state index is 0.625. The second-order valence-corrected chi connectivity index (χ2v) is 5.01. The first-order valence-corrected chi connectivity index (χ1v) is 6.67. The van der Waals surface area contributed by atoms with Gasteiger partial charge < -0.3 is 15.4 Å². The third-order valence-corrected chi connectivity index (χ3v) is 3.47. The molecule has 5 nitrogen and oxygen atoms in total. The highest BCUT2D eigenvalue weighted by molar-refractivity contribution is 7.09. The van der Waals surface area contributed by atoms with Crippen molar-refractivity contribution >= 4 is 17.3 Å². The largest absolute Gasteiger partial charge is 0.378 e. The summed E-state index contributed by atoms with van der Waals surface area (Å²) in [4.78, 5) is 10.8. The van der Waals surface area contributed by atoms with E-state index in [4.69, 9.17) is 10.5 Å². The Morgan fingerprint density at radius 3 is 3.00 bits per heavy atom. The fourth-order valence-electron chi connectivity index (χ4n) is 1.70. The Labute approximate surface area is 105 Å². The lowest BCUT2D eigenvalue weighted by Crippen LogP contribution is -2.44. The van der Waals surface area contributed by atoms with Gasteiger partial charge in [0.2, 0.25) is 0 Å². The molecule has 1 aromatic heterocycles. The summed E-state index contributed by atoms with van der Waals surface area (Å²) < 4.78 is 5.27. The number of nitrogens with two attached hydrogens (primary N) is 1. The second kappa shape index (κ2) is 5.97. The van der Waals surface area contributed by atoms with Gasteiger partial charge in [-0.25, -0.2) is 4.98 Å². The molecular formula is C11H18N4OS. The number of hydrogen-bond acceptors (Lipinski definition) is 4. The number of aromatic nitrogens is 1. The van der Waals surface area contributed by atoms with Crippen LogP contribution in [-0.2, 0) is 11.2 Å². The Bertz CT molecular complexity index is 385. The van der Waals surface area contributed by atoms with E-state index in [9.17, 15) is 0 Å². The summed E-state index contributed by atoms with van der Waals surface area (Å²) in [5.74, 6) is 0.625. The van der Waals surface area contributed by atoms with Crippen molar-refractivity contribution in [1.29, 1.82) is 0 Å². The van der Waals surface area contributed by atoms with Gasteiger partial charge in [-0.1, -0.05) is 0 Å². The molecule has 1 fully saturated rings. The maximum Gasteiger partial charge on any atom is 0.191 e. The number of hydrogen-bond donors (Lipinski definition) is 1. The molecule has 0 saturated carbocycles. The van der Waals surface area contributed by atoms with E-state index < -0.39 is 0 Å². The van der Waals surface area contributed by atoms with Crippen LogP contribution in [0.4, 0.5) is 0 Å². The molecule has 6 heteroatoms. The number of aliphatic imine (C=N–C) groups is 1. The molecule has 0 amide bonds. The zero-order valence-corrected chi connectivity index (χ0v) is 10.9. The highest BCUT2D eigenvalue weighted by Crippen LogP contribution is 2.08. The number of ether oxygens (including phenoxy) is 1. The number of nitrogens with zero attached hydrogens (tertiary/aromatic N) is 3. The molecular weight excluding hydrogens is 236 g/mol. The van der Waals surface area contributed by atoms with Gasteiger partial charge in [-0.3, -0.25) is 4.99 Å². The molecule has 1 aliphatic heterocycles. The van der Waals surface area contributed by atoms with Crippen LogP contribution in [-0.4, -0.2) is 48.7 Å². The zero-order chi connectivity index (χ0) is 12.1. The summed E-state index contributed by atoms with van der Waals surface area (Å²) in [5.41, 5.74) is 7.02. The van der Waals surface area contributed by atoms with Crippen molar-refractivity contribution in [3.05, 3.63) is 16.1 Å². The van der Waals surface area contributed by atoms with Gasteiger partial charge in [-0.15, -0.1) is 11.3 Å². The maximum absolute atomic E-state index is 5.92. The number of guanidine groups is 1. The average Bonchev–Trinajstić information content (AvgIpc) is 2.76. The third kappa shape index (κ3) is 3.67. The van der Waals surface area contributed by atoms with Gasteiger partial charge in [0.15, 0.2) is 5.96 Å². The number of rotatable bonds is 3. The van der Waals surface area contributed by atoms with Crippen LogP contribution < -0.4 is 5.73 Å². The smallest absolute Gasteiger partial charge is 0.191 e. The first-order chi connectivity index (χ1) is 8.25. The monoisotopic (exact) mass is 254 g/mol. The predicted octanol–water partition coefficient (Wildman–Crippen LogP) is 0.641. The Kier molecular flexibility index (Phi) is 4.33. The lowest BCUT2D eigenvalue weighted by molar-refractivity contribution is 0.0674. The molecule has 2 N–H and O–H groups in total. The Morgan fingerprint density at radius 2 is 2.35 bits per heavy atom. The molecule has 0 aromatic carbocycles. The minimum absolute atomic E-state index is 0.625. The second-order valence-electron chi connectivity index (χ2n) is 3.95. The lowest BCUT2D eigenvalue weighted by Gasteiger charge is -2.27. The van der Waals surface area contributed by atoms with E-state index in [1.807, 2.05) is 6.92 Å². The molecule has 0 unspecified atom stereocenters. The standard InChI is InChI=1S/C11H18N4OS/c1-9-14-10(8-17-9)2-3-13-11(12)15-4-6-16-7-5-15/h8H,2-7H2,1H3,(H2,12,13). The predicted molar refractivity (Wildman–Crippen MR) is 69.4 cm³/mol. The van der Waals surface area contributed by atoms with Crippen molar-refractivity contribution in [2.24, 2.45) is 10.7 Å².